The predicted molar refractivity (Wildman–Crippen MR) is 121 cm³/mol. The molecule has 3 N–H and O–H groups in total. The molecular formula is C25H25F3N2O3. The lowest BCUT2D eigenvalue weighted by atomic mass is 9.84. The van der Waals surface area contributed by atoms with E-state index in [9.17, 15) is 18.0 Å². The Morgan fingerprint density at radius 2 is 1.76 bits per heavy atom. The molecule has 0 saturated carbocycles. The van der Waals surface area contributed by atoms with Crippen molar-refractivity contribution in [3.63, 3.8) is 0 Å². The van der Waals surface area contributed by atoms with E-state index in [2.05, 4.69) is 71.6 Å². The molecule has 1 saturated heterocycles. The van der Waals surface area contributed by atoms with Gasteiger partial charge in [0.1, 0.15) is 6.29 Å². The molecular weight excluding hydrogens is 433 g/mol. The van der Waals surface area contributed by atoms with Crippen molar-refractivity contribution in [3.05, 3.63) is 77.9 Å². The van der Waals surface area contributed by atoms with Gasteiger partial charge in [-0.25, -0.2) is 4.79 Å². The maximum absolute atomic E-state index is 11.9. The van der Waals surface area contributed by atoms with Gasteiger partial charge in [0, 0.05) is 24.2 Å². The molecule has 33 heavy (non-hydrogen) atoms. The van der Waals surface area contributed by atoms with Gasteiger partial charge >= 0.3 is 12.1 Å². The van der Waals surface area contributed by atoms with Crippen LogP contribution in [0.5, 0.6) is 0 Å². The summed E-state index contributed by atoms with van der Waals surface area (Å²) in [6, 6.07) is 23.1. The number of aliphatic carboxylic acids is 1. The first kappa shape index (κ1) is 24.3. The van der Waals surface area contributed by atoms with Crippen LogP contribution in [0.1, 0.15) is 29.9 Å². The number of piperidine rings is 1. The number of benzene rings is 3. The molecule has 0 aliphatic carbocycles. The van der Waals surface area contributed by atoms with Gasteiger partial charge < -0.3 is 20.5 Å². The van der Waals surface area contributed by atoms with Crippen LogP contribution in [0, 0.1) is 0 Å². The summed E-state index contributed by atoms with van der Waals surface area (Å²) in [4.78, 5) is 23.1. The maximum Gasteiger partial charge on any atom is 0.490 e. The van der Waals surface area contributed by atoms with E-state index in [1.807, 2.05) is 0 Å². The van der Waals surface area contributed by atoms with Crippen molar-refractivity contribution in [2.24, 2.45) is 5.73 Å². The van der Waals surface area contributed by atoms with Crippen LogP contribution in [-0.2, 0) is 16.1 Å². The first-order chi connectivity index (χ1) is 15.7. The monoisotopic (exact) mass is 458 g/mol. The van der Waals surface area contributed by atoms with E-state index >= 15 is 0 Å². The normalized spacial score (nSPS) is 18.4. The summed E-state index contributed by atoms with van der Waals surface area (Å²) in [6.45, 7) is 1.44. The number of fused-ring (bicyclic) bond motifs is 1. The van der Waals surface area contributed by atoms with Gasteiger partial charge in [0.25, 0.3) is 0 Å². The molecule has 2 unspecified atom stereocenters. The number of hydrogen-bond acceptors (Lipinski definition) is 4. The smallest absolute Gasteiger partial charge is 0.475 e. The third-order valence-electron chi connectivity index (χ3n) is 5.78. The van der Waals surface area contributed by atoms with Crippen LogP contribution in [-0.4, -0.2) is 36.1 Å². The Morgan fingerprint density at radius 1 is 1.09 bits per heavy atom. The number of nitrogens with two attached hydrogens (primary N) is 1. The average molecular weight is 458 g/mol. The van der Waals surface area contributed by atoms with E-state index in [1.54, 1.807) is 0 Å². The zero-order chi connectivity index (χ0) is 24.0. The summed E-state index contributed by atoms with van der Waals surface area (Å²) >= 11 is 0. The first-order valence-electron chi connectivity index (χ1n) is 10.5. The van der Waals surface area contributed by atoms with Crippen molar-refractivity contribution in [2.45, 2.75) is 37.5 Å². The van der Waals surface area contributed by atoms with Crippen molar-refractivity contribution in [1.29, 1.82) is 0 Å². The predicted octanol–water partition coefficient (Wildman–Crippen LogP) is 4.88. The maximum atomic E-state index is 11.9. The van der Waals surface area contributed by atoms with Gasteiger partial charge in [-0.3, -0.25) is 0 Å². The van der Waals surface area contributed by atoms with Gasteiger partial charge in [-0.2, -0.15) is 13.2 Å². The zero-order valence-electron chi connectivity index (χ0n) is 17.8. The average Bonchev–Trinajstić information content (AvgIpc) is 2.83. The highest BCUT2D eigenvalue weighted by Gasteiger charge is 2.38. The largest absolute Gasteiger partial charge is 0.490 e. The molecule has 0 radical (unpaired) electrons. The highest BCUT2D eigenvalue weighted by atomic mass is 19.4. The lowest BCUT2D eigenvalue weighted by molar-refractivity contribution is -0.192. The molecule has 1 aliphatic rings. The summed E-state index contributed by atoms with van der Waals surface area (Å²) in [5.41, 5.74) is 9.41. The van der Waals surface area contributed by atoms with Crippen LogP contribution in [0.4, 0.5) is 18.9 Å². The minimum Gasteiger partial charge on any atom is -0.475 e. The molecule has 1 aliphatic heterocycles. The molecule has 5 nitrogen and oxygen atoms in total. The first-order valence-corrected chi connectivity index (χ1v) is 10.5. The third-order valence-corrected chi connectivity index (χ3v) is 5.78. The topological polar surface area (TPSA) is 83.6 Å². The molecule has 174 valence electrons. The third kappa shape index (κ3) is 5.90. The number of halogens is 3. The lowest BCUT2D eigenvalue weighted by Gasteiger charge is -2.39. The molecule has 3 aromatic carbocycles. The van der Waals surface area contributed by atoms with E-state index in [0.29, 0.717) is 12.5 Å². The fraction of sp³-hybridized carbons (Fsp3) is 0.280. The number of carbonyl (C=O) groups excluding carboxylic acids is 1. The van der Waals surface area contributed by atoms with E-state index in [0.717, 1.165) is 36.9 Å². The quantitative estimate of drug-likeness (QED) is 0.545. The van der Waals surface area contributed by atoms with Crippen LogP contribution in [0.3, 0.4) is 0 Å². The molecule has 1 fully saturated rings. The highest BCUT2D eigenvalue weighted by Crippen LogP contribution is 2.36. The van der Waals surface area contributed by atoms with Gasteiger partial charge in [0.2, 0.25) is 0 Å². The van der Waals surface area contributed by atoms with Gasteiger partial charge in [-0.15, -0.1) is 0 Å². The van der Waals surface area contributed by atoms with Crippen LogP contribution in [0.25, 0.3) is 10.8 Å². The Bertz CT molecular complexity index is 1110. The SMILES string of the molecule is NCc1cccc(C2CCN(c3cccc4ccccc34)C(C=O)C2)c1.O=C(O)C(F)(F)F. The Labute approximate surface area is 189 Å². The van der Waals surface area contributed by atoms with Gasteiger partial charge in [-0.05, 0) is 41.3 Å². The summed E-state index contributed by atoms with van der Waals surface area (Å²) < 4.78 is 31.7. The molecule has 8 heteroatoms. The van der Waals surface area contributed by atoms with Crippen molar-refractivity contribution < 1.29 is 27.9 Å². The second kappa shape index (κ2) is 10.5. The molecule has 1 heterocycles. The summed E-state index contributed by atoms with van der Waals surface area (Å²) in [5, 5.41) is 9.55. The van der Waals surface area contributed by atoms with E-state index in [-0.39, 0.29) is 6.04 Å². The van der Waals surface area contributed by atoms with Crippen molar-refractivity contribution in [1.82, 2.24) is 0 Å². The Morgan fingerprint density at radius 3 is 2.42 bits per heavy atom. The Balaban J connectivity index is 0.000000383. The number of carboxylic acid groups (broad SMARTS) is 1. The summed E-state index contributed by atoms with van der Waals surface area (Å²) in [6.07, 6.45) is -2.08. The second-order valence-corrected chi connectivity index (χ2v) is 7.87. The number of hydrogen-bond donors (Lipinski definition) is 2. The Kier molecular flexibility index (Phi) is 7.71. The minimum atomic E-state index is -5.08. The lowest BCUT2D eigenvalue weighted by Crippen LogP contribution is -2.43. The number of carbonyl (C=O) groups is 2. The van der Waals surface area contributed by atoms with Crippen molar-refractivity contribution >= 4 is 28.7 Å². The second-order valence-electron chi connectivity index (χ2n) is 7.87. The standard InChI is InChI=1S/C23H24N2O.C2HF3O2/c24-15-17-5-3-8-19(13-17)20-11-12-25(21(14-20)16-26)23-10-4-7-18-6-1-2-9-22(18)23;3-2(4,5)1(6)7/h1-10,13,16,20-21H,11-12,14-15,24H2;(H,6,7). The number of rotatable bonds is 4. The summed E-state index contributed by atoms with van der Waals surface area (Å²) in [5.74, 6) is -2.35. The van der Waals surface area contributed by atoms with Crippen molar-refractivity contribution in [2.75, 3.05) is 11.4 Å². The van der Waals surface area contributed by atoms with Crippen LogP contribution in [0.2, 0.25) is 0 Å². The minimum absolute atomic E-state index is 0.0962. The van der Waals surface area contributed by atoms with Gasteiger partial charge in [-0.1, -0.05) is 60.7 Å². The van der Waals surface area contributed by atoms with Gasteiger partial charge in [0.05, 0.1) is 6.04 Å². The zero-order valence-corrected chi connectivity index (χ0v) is 17.8. The fourth-order valence-electron chi connectivity index (χ4n) is 4.16. The van der Waals surface area contributed by atoms with Crippen LogP contribution >= 0.6 is 0 Å². The fourth-order valence-corrected chi connectivity index (χ4v) is 4.16. The number of alkyl halides is 3. The molecule has 4 rings (SSSR count). The van der Waals surface area contributed by atoms with Crippen LogP contribution < -0.4 is 10.6 Å². The van der Waals surface area contributed by atoms with E-state index in [1.165, 1.54) is 16.3 Å². The highest BCUT2D eigenvalue weighted by molar-refractivity contribution is 5.95. The van der Waals surface area contributed by atoms with Crippen molar-refractivity contribution in [3.8, 4) is 0 Å². The molecule has 0 spiro atoms. The molecule has 0 amide bonds. The van der Waals surface area contributed by atoms with E-state index < -0.39 is 12.1 Å². The molecule has 2 atom stereocenters. The molecule has 0 aromatic heterocycles. The number of carboxylic acids is 1. The summed E-state index contributed by atoms with van der Waals surface area (Å²) in [7, 11) is 0. The Hall–Kier alpha value is -3.39. The van der Waals surface area contributed by atoms with Crippen LogP contribution in [0.15, 0.2) is 66.7 Å². The number of nitrogens with zero attached hydrogens (tertiary/aromatic N) is 1. The van der Waals surface area contributed by atoms with E-state index in [4.69, 9.17) is 15.6 Å². The molecule has 0 bridgehead atoms. The number of aldehydes is 1. The van der Waals surface area contributed by atoms with Gasteiger partial charge in [0.15, 0.2) is 0 Å². The molecule has 3 aromatic rings. The number of anilines is 1.